The van der Waals surface area contributed by atoms with Gasteiger partial charge in [0.1, 0.15) is 18.2 Å². The molecule has 0 saturated carbocycles. The average Bonchev–Trinajstić information content (AvgIpc) is 3.41. The lowest BCUT2D eigenvalue weighted by Crippen LogP contribution is -2.63. The SMILES string of the molecule is CCc1cccc2c(C(=O)NCc3ccccc3)cn(CCCN3CC4CCC3CN4CCOc3ccc(F)cc3)c12. The molecule has 0 radical (unpaired) electrons. The van der Waals surface area contributed by atoms with E-state index in [4.69, 9.17) is 4.74 Å². The minimum atomic E-state index is -0.240. The van der Waals surface area contributed by atoms with Crippen LogP contribution in [0.3, 0.4) is 0 Å². The Hall–Kier alpha value is -3.68. The predicted octanol–water partition coefficient (Wildman–Crippen LogP) is 5.89. The molecule has 1 amide bonds. The number of rotatable bonds is 12. The highest BCUT2D eigenvalue weighted by molar-refractivity contribution is 6.07. The van der Waals surface area contributed by atoms with Crippen LogP contribution < -0.4 is 10.1 Å². The number of carbonyl (C=O) groups excluding carboxylic acids is 1. The second-order valence-corrected chi connectivity index (χ2v) is 11.6. The van der Waals surface area contributed by atoms with Crippen LogP contribution in [0.1, 0.15) is 47.7 Å². The van der Waals surface area contributed by atoms with Crippen molar-refractivity contribution >= 4 is 16.8 Å². The molecule has 3 aliphatic heterocycles. The number of piperidine rings is 2. The van der Waals surface area contributed by atoms with E-state index < -0.39 is 0 Å². The fourth-order valence-corrected chi connectivity index (χ4v) is 6.76. The molecule has 1 N–H and O–H groups in total. The van der Waals surface area contributed by atoms with Crippen LogP contribution in [0.4, 0.5) is 4.39 Å². The number of para-hydroxylation sites is 1. The number of aromatic nitrogens is 1. The van der Waals surface area contributed by atoms with Crippen molar-refractivity contribution in [3.05, 3.63) is 102 Å². The summed E-state index contributed by atoms with van der Waals surface area (Å²) < 4.78 is 21.3. The zero-order valence-corrected chi connectivity index (χ0v) is 24.5. The van der Waals surface area contributed by atoms with Crippen LogP contribution >= 0.6 is 0 Å². The molecule has 220 valence electrons. The molecule has 4 aromatic rings. The highest BCUT2D eigenvalue weighted by atomic mass is 19.1. The fourth-order valence-electron chi connectivity index (χ4n) is 6.76. The van der Waals surface area contributed by atoms with Crippen LogP contribution in [-0.2, 0) is 19.5 Å². The van der Waals surface area contributed by atoms with Gasteiger partial charge in [0, 0.05) is 62.9 Å². The molecule has 2 unspecified atom stereocenters. The van der Waals surface area contributed by atoms with Crippen LogP contribution in [0.5, 0.6) is 5.75 Å². The van der Waals surface area contributed by atoms with Crippen LogP contribution in [0, 0.1) is 5.82 Å². The number of hydrogen-bond acceptors (Lipinski definition) is 4. The van der Waals surface area contributed by atoms with Gasteiger partial charge in [-0.3, -0.25) is 14.6 Å². The highest BCUT2D eigenvalue weighted by Gasteiger charge is 2.38. The van der Waals surface area contributed by atoms with E-state index in [2.05, 4.69) is 51.0 Å². The van der Waals surface area contributed by atoms with Crippen molar-refractivity contribution in [3.8, 4) is 5.75 Å². The van der Waals surface area contributed by atoms with Gasteiger partial charge in [0.25, 0.3) is 5.91 Å². The standard InChI is InChI=1S/C35H41FN4O2/c1-2-27-10-6-11-32-33(35(41)37-22-26-8-4-3-5-9-26)25-40(34(27)32)19-7-18-38-23-30-15-14-29(38)24-39(30)20-21-42-31-16-12-28(36)13-17-31/h3-6,8-13,16-17,25,29-30H,2,7,14-15,18-24H2,1H3,(H,37,41). The minimum Gasteiger partial charge on any atom is -0.492 e. The molecule has 1 aromatic heterocycles. The fraction of sp³-hybridized carbons (Fsp3) is 0.400. The number of carbonyl (C=O) groups is 1. The Labute approximate surface area is 248 Å². The van der Waals surface area contributed by atoms with Gasteiger partial charge < -0.3 is 14.6 Å². The topological polar surface area (TPSA) is 49.7 Å². The molecule has 3 fully saturated rings. The number of amides is 1. The van der Waals surface area contributed by atoms with Crippen molar-refractivity contribution in [3.63, 3.8) is 0 Å². The van der Waals surface area contributed by atoms with Gasteiger partial charge in [-0.2, -0.15) is 0 Å². The van der Waals surface area contributed by atoms with Crippen LogP contribution in [-0.4, -0.2) is 65.1 Å². The molecular formula is C35H41FN4O2. The lowest BCUT2D eigenvalue weighted by molar-refractivity contribution is -0.0259. The van der Waals surface area contributed by atoms with Gasteiger partial charge in [-0.05, 0) is 61.1 Å². The molecular weight excluding hydrogens is 527 g/mol. The summed E-state index contributed by atoms with van der Waals surface area (Å²) in [5.41, 5.74) is 4.33. The molecule has 4 heterocycles. The second kappa shape index (κ2) is 13.1. The van der Waals surface area contributed by atoms with Crippen molar-refractivity contribution in [1.82, 2.24) is 19.7 Å². The van der Waals surface area contributed by atoms with Gasteiger partial charge >= 0.3 is 0 Å². The number of aryl methyl sites for hydroxylation is 2. The maximum Gasteiger partial charge on any atom is 0.253 e. The first-order chi connectivity index (χ1) is 20.6. The van der Waals surface area contributed by atoms with Crippen molar-refractivity contribution in [1.29, 1.82) is 0 Å². The van der Waals surface area contributed by atoms with Gasteiger partial charge in [0.05, 0.1) is 11.1 Å². The Balaban J connectivity index is 1.05. The summed E-state index contributed by atoms with van der Waals surface area (Å²) in [6.07, 6.45) is 6.53. The van der Waals surface area contributed by atoms with E-state index in [0.717, 1.165) is 67.8 Å². The van der Waals surface area contributed by atoms with E-state index in [1.807, 2.05) is 30.3 Å². The molecule has 2 atom stereocenters. The van der Waals surface area contributed by atoms with E-state index in [1.54, 1.807) is 12.1 Å². The molecule has 0 spiro atoms. The summed E-state index contributed by atoms with van der Waals surface area (Å²) in [6, 6.07) is 23.8. The van der Waals surface area contributed by atoms with E-state index in [1.165, 1.54) is 36.1 Å². The van der Waals surface area contributed by atoms with E-state index in [-0.39, 0.29) is 11.7 Å². The zero-order valence-electron chi connectivity index (χ0n) is 24.5. The largest absolute Gasteiger partial charge is 0.492 e. The Morgan fingerprint density at radius 1 is 0.905 bits per heavy atom. The lowest BCUT2D eigenvalue weighted by atomic mass is 9.90. The number of halogens is 1. The average molecular weight is 569 g/mol. The first kappa shape index (κ1) is 28.4. The molecule has 3 saturated heterocycles. The summed E-state index contributed by atoms with van der Waals surface area (Å²) >= 11 is 0. The number of benzene rings is 3. The van der Waals surface area contributed by atoms with Gasteiger partial charge in [-0.15, -0.1) is 0 Å². The van der Waals surface area contributed by atoms with E-state index in [9.17, 15) is 9.18 Å². The Kier molecular flexibility index (Phi) is 8.87. The molecule has 7 rings (SSSR count). The summed E-state index contributed by atoms with van der Waals surface area (Å²) in [6.45, 7) is 8.35. The third-order valence-corrected chi connectivity index (χ3v) is 8.96. The number of ether oxygens (including phenoxy) is 1. The number of nitrogens with one attached hydrogen (secondary N) is 1. The van der Waals surface area contributed by atoms with Crippen LogP contribution in [0.25, 0.3) is 10.9 Å². The Morgan fingerprint density at radius 2 is 1.64 bits per heavy atom. The zero-order chi connectivity index (χ0) is 28.9. The molecule has 3 aliphatic rings. The smallest absolute Gasteiger partial charge is 0.253 e. The molecule has 3 aromatic carbocycles. The first-order valence-electron chi connectivity index (χ1n) is 15.4. The van der Waals surface area contributed by atoms with Gasteiger partial charge in [0.2, 0.25) is 0 Å². The normalized spacial score (nSPS) is 18.9. The van der Waals surface area contributed by atoms with Crippen molar-refractivity contribution < 1.29 is 13.9 Å². The quantitative estimate of drug-likeness (QED) is 0.232. The summed E-state index contributed by atoms with van der Waals surface area (Å²) in [7, 11) is 0. The van der Waals surface area contributed by atoms with Gasteiger partial charge in [-0.25, -0.2) is 4.39 Å². The summed E-state index contributed by atoms with van der Waals surface area (Å²) in [5.74, 6) is 0.463. The molecule has 7 heteroatoms. The lowest BCUT2D eigenvalue weighted by Gasteiger charge is -2.51. The van der Waals surface area contributed by atoms with E-state index >= 15 is 0 Å². The van der Waals surface area contributed by atoms with Crippen LogP contribution in [0.15, 0.2) is 79.0 Å². The minimum absolute atomic E-state index is 0.0207. The number of fused-ring (bicyclic) bond motifs is 4. The van der Waals surface area contributed by atoms with Crippen molar-refractivity contribution in [2.24, 2.45) is 0 Å². The maximum absolute atomic E-state index is 13.3. The van der Waals surface area contributed by atoms with Crippen molar-refractivity contribution in [2.45, 2.75) is 57.8 Å². The summed E-state index contributed by atoms with van der Waals surface area (Å²) in [5, 5.41) is 4.16. The molecule has 0 aliphatic carbocycles. The Bertz CT molecular complexity index is 1490. The van der Waals surface area contributed by atoms with Crippen molar-refractivity contribution in [2.75, 3.05) is 32.8 Å². The number of nitrogens with zero attached hydrogens (tertiary/aromatic N) is 3. The maximum atomic E-state index is 13.3. The number of hydrogen-bond donors (Lipinski definition) is 1. The number of piperazine rings is 1. The molecule has 6 nitrogen and oxygen atoms in total. The van der Waals surface area contributed by atoms with Gasteiger partial charge in [-0.1, -0.05) is 55.5 Å². The molecule has 2 bridgehead atoms. The third kappa shape index (κ3) is 6.37. The second-order valence-electron chi connectivity index (χ2n) is 11.6. The third-order valence-electron chi connectivity index (χ3n) is 8.96. The predicted molar refractivity (Wildman–Crippen MR) is 165 cm³/mol. The van der Waals surface area contributed by atoms with Crippen LogP contribution in [0.2, 0.25) is 0 Å². The van der Waals surface area contributed by atoms with Gasteiger partial charge in [0.15, 0.2) is 0 Å². The highest BCUT2D eigenvalue weighted by Crippen LogP contribution is 2.30. The van der Waals surface area contributed by atoms with E-state index in [0.29, 0.717) is 25.2 Å². The summed E-state index contributed by atoms with van der Waals surface area (Å²) in [4.78, 5) is 18.5. The molecule has 42 heavy (non-hydrogen) atoms. The Morgan fingerprint density at radius 3 is 2.36 bits per heavy atom. The first-order valence-corrected chi connectivity index (χ1v) is 15.4. The monoisotopic (exact) mass is 568 g/mol.